The molecule has 0 aliphatic carbocycles. The molecule has 13 aromatic rings. The van der Waals surface area contributed by atoms with E-state index >= 15 is 0 Å². The molecule has 0 bridgehead atoms. The van der Waals surface area contributed by atoms with Crippen molar-refractivity contribution in [2.45, 2.75) is 0 Å². The van der Waals surface area contributed by atoms with E-state index in [4.69, 9.17) is 19.4 Å². The number of fused-ring (bicyclic) bond motifs is 9. The first-order valence-electron chi connectivity index (χ1n) is 21.2. The first kappa shape index (κ1) is 35.2. The second-order valence-electron chi connectivity index (χ2n) is 16.0. The van der Waals surface area contributed by atoms with Crippen LogP contribution in [0.4, 0.5) is 0 Å². The maximum atomic E-state index is 6.20. The largest absolute Gasteiger partial charge is 0.456 e. The van der Waals surface area contributed by atoms with Gasteiger partial charge in [-0.25, -0.2) is 15.0 Å². The van der Waals surface area contributed by atoms with E-state index in [1.54, 1.807) is 0 Å². The molecule has 0 amide bonds. The van der Waals surface area contributed by atoms with Crippen molar-refractivity contribution in [3.05, 3.63) is 212 Å². The quantitative estimate of drug-likeness (QED) is 0.168. The van der Waals surface area contributed by atoms with Gasteiger partial charge in [0.2, 0.25) is 0 Å². The molecule has 0 fully saturated rings. The smallest absolute Gasteiger partial charge is 0.164 e. The number of benzene rings is 9. The van der Waals surface area contributed by atoms with E-state index in [1.807, 2.05) is 72.8 Å². The maximum Gasteiger partial charge on any atom is 0.164 e. The predicted molar refractivity (Wildman–Crippen MR) is 258 cm³/mol. The number of rotatable bonds is 6. The summed E-state index contributed by atoms with van der Waals surface area (Å²) in [4.78, 5) is 14.9. The summed E-state index contributed by atoms with van der Waals surface area (Å²) in [5.74, 6) is 1.92. The molecule has 0 aliphatic heterocycles. The number of nitrogens with zero attached hydrogens (tertiary/aromatic N) is 5. The van der Waals surface area contributed by atoms with Crippen LogP contribution in [0.25, 0.3) is 122 Å². The van der Waals surface area contributed by atoms with Gasteiger partial charge in [-0.3, -0.25) is 0 Å². The third-order valence-electron chi connectivity index (χ3n) is 12.4. The van der Waals surface area contributed by atoms with Gasteiger partial charge in [0.1, 0.15) is 11.2 Å². The lowest BCUT2D eigenvalue weighted by molar-refractivity contribution is 0.669. The van der Waals surface area contributed by atoms with E-state index in [-0.39, 0.29) is 0 Å². The molecule has 0 aliphatic rings. The van der Waals surface area contributed by atoms with Gasteiger partial charge in [-0.2, -0.15) is 0 Å². The van der Waals surface area contributed by atoms with Crippen LogP contribution in [0.3, 0.4) is 0 Å². The third kappa shape index (κ3) is 5.62. The van der Waals surface area contributed by atoms with E-state index in [0.717, 1.165) is 66.6 Å². The first-order chi connectivity index (χ1) is 31.2. The van der Waals surface area contributed by atoms with Gasteiger partial charge in [0, 0.05) is 60.4 Å². The van der Waals surface area contributed by atoms with Crippen LogP contribution in [0.2, 0.25) is 0 Å². The molecule has 6 nitrogen and oxygen atoms in total. The normalized spacial score (nSPS) is 11.8. The Morgan fingerprint density at radius 3 is 1.52 bits per heavy atom. The molecule has 0 saturated carbocycles. The molecule has 294 valence electrons. The Hall–Kier alpha value is -8.61. The Labute approximate surface area is 361 Å². The van der Waals surface area contributed by atoms with E-state index < -0.39 is 0 Å². The van der Waals surface area contributed by atoms with Crippen molar-refractivity contribution < 1.29 is 4.42 Å². The van der Waals surface area contributed by atoms with E-state index in [9.17, 15) is 0 Å². The zero-order chi connectivity index (χ0) is 41.4. The lowest BCUT2D eigenvalue weighted by atomic mass is 9.98. The average Bonchev–Trinajstić information content (AvgIpc) is 4.02. The summed E-state index contributed by atoms with van der Waals surface area (Å²) in [5, 5.41) is 7.08. The maximum absolute atomic E-state index is 6.20. The molecule has 0 spiro atoms. The summed E-state index contributed by atoms with van der Waals surface area (Å²) in [7, 11) is 0. The number of para-hydroxylation sites is 3. The summed E-state index contributed by atoms with van der Waals surface area (Å²) in [6, 6.07) is 74.6. The second kappa shape index (κ2) is 14.0. The monoisotopic (exact) mass is 805 g/mol. The number of hydrogen-bond acceptors (Lipinski definition) is 4. The summed E-state index contributed by atoms with van der Waals surface area (Å²) in [6.07, 6.45) is 0. The van der Waals surface area contributed by atoms with E-state index in [2.05, 4.69) is 149 Å². The highest BCUT2D eigenvalue weighted by Gasteiger charge is 2.20. The molecule has 4 heterocycles. The van der Waals surface area contributed by atoms with Crippen molar-refractivity contribution in [1.82, 2.24) is 24.1 Å². The Morgan fingerprint density at radius 2 is 0.810 bits per heavy atom. The van der Waals surface area contributed by atoms with E-state index in [0.29, 0.717) is 17.5 Å². The van der Waals surface area contributed by atoms with Gasteiger partial charge < -0.3 is 13.6 Å². The van der Waals surface area contributed by atoms with Crippen molar-refractivity contribution in [1.29, 1.82) is 0 Å². The number of hydrogen-bond donors (Lipinski definition) is 0. The SMILES string of the molecule is c1ccc(-c2nc(-c3ccccc3)nc(-c3ccc(-n4c5ccccc5c5c(-c6ccc7c(c6)c6ccccc6n7-c6ccc7oc8ccccc8c7c6)cccc54)cc3)n2)cc1. The van der Waals surface area contributed by atoms with Crippen LogP contribution in [-0.4, -0.2) is 24.1 Å². The molecular formula is C57H35N5O. The molecule has 0 unspecified atom stereocenters. The Bertz CT molecular complexity index is 3840. The van der Waals surface area contributed by atoms with Gasteiger partial charge in [0.15, 0.2) is 17.5 Å². The highest BCUT2D eigenvalue weighted by atomic mass is 16.3. The van der Waals surface area contributed by atoms with Crippen LogP contribution in [0, 0.1) is 0 Å². The van der Waals surface area contributed by atoms with Crippen LogP contribution >= 0.6 is 0 Å². The highest BCUT2D eigenvalue weighted by Crippen LogP contribution is 2.42. The van der Waals surface area contributed by atoms with E-state index in [1.165, 1.54) is 38.2 Å². The number of furan rings is 1. The standard InChI is InChI=1S/C57H35N5O/c1-3-14-36(15-4-1)55-58-56(37-16-5-2-6-17-37)60-57(59-55)38-26-29-40(30-27-38)61-49-23-11-8-20-45(49)54-42(21-13-24-51(54)61)39-28-32-50-46(34-39)43-18-7-10-22-48(43)62(50)41-31-33-53-47(35-41)44-19-9-12-25-52(44)63-53/h1-35H. The molecule has 0 saturated heterocycles. The summed E-state index contributed by atoms with van der Waals surface area (Å²) >= 11 is 0. The minimum atomic E-state index is 0.631. The Balaban J connectivity index is 0.938. The molecule has 0 atom stereocenters. The van der Waals surface area contributed by atoms with Gasteiger partial charge in [0.25, 0.3) is 0 Å². The first-order valence-corrected chi connectivity index (χ1v) is 21.2. The molecule has 0 N–H and O–H groups in total. The fourth-order valence-electron chi connectivity index (χ4n) is 9.51. The van der Waals surface area contributed by atoms with Gasteiger partial charge >= 0.3 is 0 Å². The highest BCUT2D eigenvalue weighted by molar-refractivity contribution is 6.17. The Morgan fingerprint density at radius 1 is 0.302 bits per heavy atom. The number of aromatic nitrogens is 5. The minimum Gasteiger partial charge on any atom is -0.456 e. The van der Waals surface area contributed by atoms with Crippen molar-refractivity contribution >= 4 is 65.6 Å². The van der Waals surface area contributed by atoms with Gasteiger partial charge in [-0.1, -0.05) is 133 Å². The summed E-state index contributed by atoms with van der Waals surface area (Å²) in [5.41, 5.74) is 13.7. The average molecular weight is 806 g/mol. The summed E-state index contributed by atoms with van der Waals surface area (Å²) in [6.45, 7) is 0. The molecule has 9 aromatic carbocycles. The molecule has 63 heavy (non-hydrogen) atoms. The van der Waals surface area contributed by atoms with Crippen molar-refractivity contribution in [3.8, 4) is 56.7 Å². The molecule has 4 aromatic heterocycles. The molecule has 0 radical (unpaired) electrons. The predicted octanol–water partition coefficient (Wildman–Crippen LogP) is 14.6. The molecule has 13 rings (SSSR count). The summed E-state index contributed by atoms with van der Waals surface area (Å²) < 4.78 is 11.0. The van der Waals surface area contributed by atoms with Crippen LogP contribution in [-0.2, 0) is 0 Å². The lowest BCUT2D eigenvalue weighted by Crippen LogP contribution is -2.00. The van der Waals surface area contributed by atoms with Crippen molar-refractivity contribution in [3.63, 3.8) is 0 Å². The van der Waals surface area contributed by atoms with Crippen LogP contribution in [0.1, 0.15) is 0 Å². The fourth-order valence-corrected chi connectivity index (χ4v) is 9.51. The fraction of sp³-hybridized carbons (Fsp3) is 0. The molecular weight excluding hydrogens is 771 g/mol. The minimum absolute atomic E-state index is 0.631. The van der Waals surface area contributed by atoms with Crippen molar-refractivity contribution in [2.75, 3.05) is 0 Å². The van der Waals surface area contributed by atoms with Gasteiger partial charge in [0.05, 0.1) is 22.1 Å². The third-order valence-corrected chi connectivity index (χ3v) is 12.4. The lowest BCUT2D eigenvalue weighted by Gasteiger charge is -2.11. The Kier molecular flexibility index (Phi) is 7.80. The van der Waals surface area contributed by atoms with Gasteiger partial charge in [-0.15, -0.1) is 0 Å². The van der Waals surface area contributed by atoms with Gasteiger partial charge in [-0.05, 0) is 90.0 Å². The van der Waals surface area contributed by atoms with Crippen LogP contribution in [0.15, 0.2) is 217 Å². The van der Waals surface area contributed by atoms with Crippen LogP contribution in [0.5, 0.6) is 0 Å². The topological polar surface area (TPSA) is 61.7 Å². The van der Waals surface area contributed by atoms with Crippen LogP contribution < -0.4 is 0 Å². The zero-order valence-corrected chi connectivity index (χ0v) is 33.9. The second-order valence-corrected chi connectivity index (χ2v) is 16.0. The molecule has 6 heteroatoms. The van der Waals surface area contributed by atoms with Crippen molar-refractivity contribution in [2.24, 2.45) is 0 Å². The zero-order valence-electron chi connectivity index (χ0n) is 33.9.